The zero-order chi connectivity index (χ0) is 9.73. The maximum absolute atomic E-state index is 11.7. The van der Waals surface area contributed by atoms with Crippen LogP contribution < -0.4 is 10.3 Å². The second-order valence-corrected chi connectivity index (χ2v) is 5.59. The summed E-state index contributed by atoms with van der Waals surface area (Å²) < 4.78 is 17.0. The van der Waals surface area contributed by atoms with Crippen LogP contribution in [0.3, 0.4) is 0 Å². The molecule has 13 heavy (non-hydrogen) atoms. The van der Waals surface area contributed by atoms with Gasteiger partial charge in [0.1, 0.15) is 5.75 Å². The van der Waals surface area contributed by atoms with Gasteiger partial charge in [-0.1, -0.05) is 18.2 Å². The summed E-state index contributed by atoms with van der Waals surface area (Å²) in [6.07, 6.45) is 0.419. The lowest BCUT2D eigenvalue weighted by molar-refractivity contribution is 0.488. The van der Waals surface area contributed by atoms with Crippen molar-refractivity contribution in [1.29, 1.82) is 0 Å². The molecule has 0 fully saturated rings. The maximum atomic E-state index is 11.7. The molecular weight excluding hydrogens is 185 g/mol. The van der Waals surface area contributed by atoms with Gasteiger partial charge in [-0.25, -0.2) is 0 Å². The Hall–Kier alpha value is -0.790. The van der Waals surface area contributed by atoms with Gasteiger partial charge in [0.05, 0.1) is 0 Å². The third-order valence-corrected chi connectivity index (χ3v) is 3.24. The van der Waals surface area contributed by atoms with Gasteiger partial charge >= 0.3 is 0 Å². The molecule has 1 aromatic rings. The molecule has 1 rings (SSSR count). The van der Waals surface area contributed by atoms with E-state index in [2.05, 4.69) is 0 Å². The largest absolute Gasteiger partial charge is 0.443 e. The Bertz CT molecular complexity index is 300. The lowest BCUT2D eigenvalue weighted by atomic mass is 10.3. The van der Waals surface area contributed by atoms with Crippen molar-refractivity contribution in [2.45, 2.75) is 0 Å². The van der Waals surface area contributed by atoms with Crippen LogP contribution in [-0.2, 0) is 4.57 Å². The molecule has 0 aliphatic heterocycles. The highest BCUT2D eigenvalue weighted by Crippen LogP contribution is 2.42. The molecular formula is C9H14NO2P. The topological polar surface area (TPSA) is 52.3 Å². The van der Waals surface area contributed by atoms with Gasteiger partial charge < -0.3 is 10.3 Å². The van der Waals surface area contributed by atoms with Crippen LogP contribution in [0.15, 0.2) is 30.3 Å². The van der Waals surface area contributed by atoms with E-state index in [4.69, 9.17) is 10.3 Å². The minimum absolute atomic E-state index is 0.389. The number of benzene rings is 1. The number of hydrogen-bond acceptors (Lipinski definition) is 3. The Labute approximate surface area is 78.4 Å². The molecule has 0 aromatic heterocycles. The molecule has 0 saturated carbocycles. The number of rotatable bonds is 4. The van der Waals surface area contributed by atoms with Gasteiger partial charge in [-0.05, 0) is 12.1 Å². The van der Waals surface area contributed by atoms with Gasteiger partial charge in [0.15, 0.2) is 0 Å². The van der Waals surface area contributed by atoms with E-state index >= 15 is 0 Å². The summed E-state index contributed by atoms with van der Waals surface area (Å²) in [6.45, 7) is 1.99. The van der Waals surface area contributed by atoms with Gasteiger partial charge in [-0.15, -0.1) is 0 Å². The molecule has 0 amide bonds. The quantitative estimate of drug-likeness (QED) is 0.754. The zero-order valence-corrected chi connectivity index (χ0v) is 8.54. The van der Waals surface area contributed by atoms with E-state index in [0.29, 0.717) is 18.5 Å². The molecule has 0 radical (unpaired) electrons. The van der Waals surface area contributed by atoms with Crippen LogP contribution in [0.1, 0.15) is 0 Å². The fourth-order valence-electron chi connectivity index (χ4n) is 0.984. The second-order valence-electron chi connectivity index (χ2n) is 2.93. The Morgan fingerprint density at radius 3 is 2.54 bits per heavy atom. The van der Waals surface area contributed by atoms with Gasteiger partial charge in [-0.3, -0.25) is 4.57 Å². The fraction of sp³-hybridized carbons (Fsp3) is 0.333. The molecule has 4 heteroatoms. The zero-order valence-electron chi connectivity index (χ0n) is 7.64. The summed E-state index contributed by atoms with van der Waals surface area (Å²) in [5, 5.41) is 0. The van der Waals surface area contributed by atoms with Crippen molar-refractivity contribution < 1.29 is 9.09 Å². The molecule has 0 aliphatic rings. The first-order valence-electron chi connectivity index (χ1n) is 4.15. The summed E-state index contributed by atoms with van der Waals surface area (Å²) in [4.78, 5) is 0. The smallest absolute Gasteiger partial charge is 0.246 e. The lowest BCUT2D eigenvalue weighted by Gasteiger charge is -2.13. The van der Waals surface area contributed by atoms with E-state index in [1.54, 1.807) is 18.8 Å². The summed E-state index contributed by atoms with van der Waals surface area (Å²) >= 11 is 0. The maximum Gasteiger partial charge on any atom is 0.246 e. The van der Waals surface area contributed by atoms with Crippen molar-refractivity contribution in [3.63, 3.8) is 0 Å². The molecule has 72 valence electrons. The van der Waals surface area contributed by atoms with E-state index in [1.165, 1.54) is 0 Å². The summed E-state index contributed by atoms with van der Waals surface area (Å²) in [5.74, 6) is 0.641. The molecule has 3 nitrogen and oxygen atoms in total. The van der Waals surface area contributed by atoms with Crippen LogP contribution in [0.25, 0.3) is 0 Å². The minimum atomic E-state index is -2.54. The van der Waals surface area contributed by atoms with Crippen LogP contribution in [0.2, 0.25) is 0 Å². The van der Waals surface area contributed by atoms with Crippen LogP contribution in [0, 0.1) is 0 Å². The molecule has 0 aliphatic carbocycles. The average molecular weight is 199 g/mol. The predicted molar refractivity (Wildman–Crippen MR) is 54.5 cm³/mol. The Morgan fingerprint density at radius 2 is 2.00 bits per heavy atom. The molecule has 0 spiro atoms. The Balaban J connectivity index is 2.64. The van der Waals surface area contributed by atoms with E-state index in [1.807, 2.05) is 18.2 Å². The molecule has 1 unspecified atom stereocenters. The van der Waals surface area contributed by atoms with Crippen molar-refractivity contribution in [3.8, 4) is 5.75 Å². The van der Waals surface area contributed by atoms with Crippen LogP contribution in [-0.4, -0.2) is 19.4 Å². The van der Waals surface area contributed by atoms with Crippen molar-refractivity contribution in [2.24, 2.45) is 5.73 Å². The van der Waals surface area contributed by atoms with Crippen molar-refractivity contribution in [2.75, 3.05) is 19.4 Å². The third-order valence-electron chi connectivity index (χ3n) is 1.58. The molecule has 1 atom stereocenters. The lowest BCUT2D eigenvalue weighted by Crippen LogP contribution is -2.07. The van der Waals surface area contributed by atoms with E-state index in [9.17, 15) is 4.57 Å². The van der Waals surface area contributed by atoms with Crippen LogP contribution >= 0.6 is 7.37 Å². The first-order valence-corrected chi connectivity index (χ1v) is 6.41. The summed E-state index contributed by atoms with van der Waals surface area (Å²) in [7, 11) is -2.54. The average Bonchev–Trinajstić information content (AvgIpc) is 2.04. The number of para-hydroxylation sites is 1. The minimum Gasteiger partial charge on any atom is -0.443 e. The third kappa shape index (κ3) is 3.62. The second kappa shape index (κ2) is 4.45. The number of nitrogens with two attached hydrogens (primary N) is 1. The van der Waals surface area contributed by atoms with Crippen molar-refractivity contribution in [3.05, 3.63) is 30.3 Å². The van der Waals surface area contributed by atoms with Gasteiger partial charge in [0, 0.05) is 19.4 Å². The molecule has 2 N–H and O–H groups in total. The summed E-state index contributed by atoms with van der Waals surface area (Å²) in [6, 6.07) is 9.14. The SMILES string of the molecule is CP(=O)(CCN)Oc1ccccc1. The van der Waals surface area contributed by atoms with Gasteiger partial charge in [0.25, 0.3) is 0 Å². The monoisotopic (exact) mass is 199 g/mol. The van der Waals surface area contributed by atoms with E-state index in [-0.39, 0.29) is 0 Å². The van der Waals surface area contributed by atoms with Gasteiger partial charge in [0.2, 0.25) is 7.37 Å². The highest BCUT2D eigenvalue weighted by Gasteiger charge is 2.15. The Morgan fingerprint density at radius 1 is 1.38 bits per heavy atom. The first kappa shape index (κ1) is 10.3. The van der Waals surface area contributed by atoms with E-state index < -0.39 is 7.37 Å². The first-order chi connectivity index (χ1) is 6.14. The van der Waals surface area contributed by atoms with Gasteiger partial charge in [-0.2, -0.15) is 0 Å². The Kier molecular flexibility index (Phi) is 3.52. The highest BCUT2D eigenvalue weighted by molar-refractivity contribution is 7.58. The van der Waals surface area contributed by atoms with Crippen molar-refractivity contribution in [1.82, 2.24) is 0 Å². The van der Waals surface area contributed by atoms with E-state index in [0.717, 1.165) is 0 Å². The molecule has 0 heterocycles. The molecule has 1 aromatic carbocycles. The van der Waals surface area contributed by atoms with Crippen molar-refractivity contribution >= 4 is 7.37 Å². The standard InChI is InChI=1S/C9H14NO2P/c1-13(11,8-7-10)12-9-5-3-2-4-6-9/h2-6H,7-8,10H2,1H3. The fourth-order valence-corrected chi connectivity index (χ4v) is 2.11. The van der Waals surface area contributed by atoms with Crippen LogP contribution in [0.4, 0.5) is 0 Å². The molecule has 0 saturated heterocycles. The highest BCUT2D eigenvalue weighted by atomic mass is 31.2. The molecule has 0 bridgehead atoms. The summed E-state index contributed by atoms with van der Waals surface area (Å²) in [5.41, 5.74) is 5.32. The predicted octanol–water partition coefficient (Wildman–Crippen LogP) is 1.93. The number of hydrogen-bond donors (Lipinski definition) is 1. The van der Waals surface area contributed by atoms with Crippen LogP contribution in [0.5, 0.6) is 5.75 Å². The normalized spacial score (nSPS) is 14.9.